The van der Waals surface area contributed by atoms with Crippen molar-refractivity contribution in [2.45, 2.75) is 20.0 Å². The molecule has 1 unspecified atom stereocenters. The molecule has 0 aliphatic carbocycles. The lowest BCUT2D eigenvalue weighted by Crippen LogP contribution is -2.29. The number of esters is 1. The predicted octanol–water partition coefficient (Wildman–Crippen LogP) is 6.53. The van der Waals surface area contributed by atoms with Gasteiger partial charge >= 0.3 is 5.97 Å². The zero-order valence-corrected chi connectivity index (χ0v) is 19.9. The molecule has 6 heteroatoms. The van der Waals surface area contributed by atoms with Crippen LogP contribution in [0.5, 0.6) is 0 Å². The summed E-state index contributed by atoms with van der Waals surface area (Å²) < 4.78 is 7.26. The van der Waals surface area contributed by atoms with Crippen molar-refractivity contribution in [3.05, 3.63) is 102 Å². The van der Waals surface area contributed by atoms with Gasteiger partial charge in [0.1, 0.15) is 5.82 Å². The molecule has 0 aliphatic heterocycles. The number of aromatic amines is 1. The fourth-order valence-electron chi connectivity index (χ4n) is 4.61. The summed E-state index contributed by atoms with van der Waals surface area (Å²) in [5.41, 5.74) is 5.53. The Morgan fingerprint density at radius 2 is 1.50 bits per heavy atom. The average molecular weight is 474 g/mol. The lowest BCUT2D eigenvalue weighted by atomic mass is 10.1. The van der Waals surface area contributed by atoms with Gasteiger partial charge in [-0.1, -0.05) is 66.2 Å². The molecule has 36 heavy (non-hydrogen) atoms. The van der Waals surface area contributed by atoms with Gasteiger partial charge in [0.2, 0.25) is 0 Å². The van der Waals surface area contributed by atoms with E-state index in [1.54, 1.807) is 29.7 Å². The molecule has 1 N–H and O–H groups in total. The number of carbonyl (C=O) groups is 2. The van der Waals surface area contributed by atoms with Crippen LogP contribution in [-0.2, 0) is 4.74 Å². The van der Waals surface area contributed by atoms with Gasteiger partial charge in [0.25, 0.3) is 5.91 Å². The molecule has 2 heterocycles. The molecule has 6 aromatic rings. The number of hydrogen-bond acceptors (Lipinski definition) is 4. The number of H-pyrrole nitrogens is 1. The Kier molecular flexibility index (Phi) is 5.15. The molecule has 4 aromatic carbocycles. The van der Waals surface area contributed by atoms with Crippen molar-refractivity contribution >= 4 is 44.7 Å². The third-order valence-corrected chi connectivity index (χ3v) is 6.47. The maximum Gasteiger partial charge on any atom is 0.338 e. The number of imidazole rings is 1. The first kappa shape index (κ1) is 21.8. The van der Waals surface area contributed by atoms with E-state index < -0.39 is 12.1 Å². The minimum Gasteiger partial charge on any atom is -0.449 e. The molecule has 6 rings (SSSR count). The second kappa shape index (κ2) is 8.50. The first-order chi connectivity index (χ1) is 17.5. The van der Waals surface area contributed by atoms with Gasteiger partial charge in [-0.3, -0.25) is 9.36 Å². The first-order valence-electron chi connectivity index (χ1n) is 11.8. The highest BCUT2D eigenvalue weighted by molar-refractivity contribution is 6.14. The van der Waals surface area contributed by atoms with E-state index in [2.05, 4.69) is 9.97 Å². The van der Waals surface area contributed by atoms with E-state index in [0.29, 0.717) is 5.56 Å². The SMILES string of the molecule is Cc1ccc(-c2nc3ccc(C(=O)OC(C)C(=O)n4c5ccccc5c5ccccc54)cc3[nH]2)cc1. The molecule has 0 fully saturated rings. The minimum absolute atomic E-state index is 0.301. The van der Waals surface area contributed by atoms with Crippen LogP contribution < -0.4 is 0 Å². The number of para-hydroxylation sites is 2. The van der Waals surface area contributed by atoms with Crippen molar-refractivity contribution in [2.75, 3.05) is 0 Å². The summed E-state index contributed by atoms with van der Waals surface area (Å²) >= 11 is 0. The predicted molar refractivity (Wildman–Crippen MR) is 141 cm³/mol. The maximum atomic E-state index is 13.5. The highest BCUT2D eigenvalue weighted by Gasteiger charge is 2.24. The van der Waals surface area contributed by atoms with Crippen LogP contribution in [0.2, 0.25) is 0 Å². The summed E-state index contributed by atoms with van der Waals surface area (Å²) in [6.45, 7) is 3.64. The Balaban J connectivity index is 1.28. The molecule has 0 spiro atoms. The van der Waals surface area contributed by atoms with Crippen molar-refractivity contribution in [1.29, 1.82) is 0 Å². The van der Waals surface area contributed by atoms with Crippen LogP contribution in [0, 0.1) is 6.92 Å². The van der Waals surface area contributed by atoms with Crippen molar-refractivity contribution in [3.63, 3.8) is 0 Å². The van der Waals surface area contributed by atoms with Gasteiger partial charge in [-0.15, -0.1) is 0 Å². The van der Waals surface area contributed by atoms with Gasteiger partial charge in [0, 0.05) is 16.3 Å². The van der Waals surface area contributed by atoms with Crippen molar-refractivity contribution in [2.24, 2.45) is 0 Å². The number of nitrogens with one attached hydrogen (secondary N) is 1. The van der Waals surface area contributed by atoms with Crippen molar-refractivity contribution in [1.82, 2.24) is 14.5 Å². The fraction of sp³-hybridized carbons (Fsp3) is 0.100. The summed E-state index contributed by atoms with van der Waals surface area (Å²) in [7, 11) is 0. The Labute approximate surface area is 207 Å². The molecule has 0 saturated heterocycles. The van der Waals surface area contributed by atoms with Crippen LogP contribution in [0.1, 0.15) is 27.6 Å². The van der Waals surface area contributed by atoms with E-state index in [-0.39, 0.29) is 5.91 Å². The standard InChI is InChI=1S/C30H23N3O3/c1-18-11-13-20(14-12-18)28-31-24-16-15-21(17-25(24)32-28)30(35)36-19(2)29(34)33-26-9-5-3-7-22(26)23-8-4-6-10-27(23)33/h3-17,19H,1-2H3,(H,31,32). The van der Waals surface area contributed by atoms with Gasteiger partial charge in [0.15, 0.2) is 6.10 Å². The largest absolute Gasteiger partial charge is 0.449 e. The monoisotopic (exact) mass is 473 g/mol. The van der Waals surface area contributed by atoms with Gasteiger partial charge in [-0.05, 0) is 44.2 Å². The Hall–Kier alpha value is -4.71. The van der Waals surface area contributed by atoms with Crippen molar-refractivity contribution in [3.8, 4) is 11.4 Å². The van der Waals surface area contributed by atoms with Gasteiger partial charge in [-0.25, -0.2) is 9.78 Å². The normalized spacial score (nSPS) is 12.3. The van der Waals surface area contributed by atoms with E-state index in [0.717, 1.165) is 44.2 Å². The lowest BCUT2D eigenvalue weighted by molar-refractivity contribution is 0.0288. The maximum absolute atomic E-state index is 13.5. The topological polar surface area (TPSA) is 77.0 Å². The van der Waals surface area contributed by atoms with Gasteiger partial charge in [0.05, 0.1) is 27.6 Å². The minimum atomic E-state index is -0.975. The number of benzene rings is 4. The Bertz CT molecular complexity index is 1720. The van der Waals surface area contributed by atoms with E-state index in [1.807, 2.05) is 79.7 Å². The van der Waals surface area contributed by atoms with Crippen LogP contribution >= 0.6 is 0 Å². The van der Waals surface area contributed by atoms with Crippen LogP contribution in [0.25, 0.3) is 44.2 Å². The average Bonchev–Trinajstić information content (AvgIpc) is 3.47. The summed E-state index contributed by atoms with van der Waals surface area (Å²) in [5, 5.41) is 1.96. The Morgan fingerprint density at radius 3 is 2.17 bits per heavy atom. The molecule has 0 bridgehead atoms. The van der Waals surface area contributed by atoms with E-state index in [4.69, 9.17) is 4.74 Å². The number of aryl methyl sites for hydroxylation is 1. The fourth-order valence-corrected chi connectivity index (χ4v) is 4.61. The smallest absolute Gasteiger partial charge is 0.338 e. The number of carbonyl (C=O) groups excluding carboxylic acids is 2. The number of nitrogens with zero attached hydrogens (tertiary/aromatic N) is 2. The number of fused-ring (bicyclic) bond motifs is 4. The van der Waals surface area contributed by atoms with Crippen LogP contribution in [0.4, 0.5) is 0 Å². The molecular weight excluding hydrogens is 450 g/mol. The van der Waals surface area contributed by atoms with Gasteiger partial charge in [-0.2, -0.15) is 0 Å². The third-order valence-electron chi connectivity index (χ3n) is 6.47. The first-order valence-corrected chi connectivity index (χ1v) is 11.8. The van der Waals surface area contributed by atoms with E-state index in [9.17, 15) is 9.59 Å². The summed E-state index contributed by atoms with van der Waals surface area (Å²) in [4.78, 5) is 34.4. The second-order valence-corrected chi connectivity index (χ2v) is 8.94. The van der Waals surface area contributed by atoms with Crippen LogP contribution in [0.3, 0.4) is 0 Å². The van der Waals surface area contributed by atoms with Crippen LogP contribution in [0.15, 0.2) is 91.0 Å². The molecule has 6 nitrogen and oxygen atoms in total. The van der Waals surface area contributed by atoms with Crippen LogP contribution in [-0.4, -0.2) is 32.5 Å². The van der Waals surface area contributed by atoms with E-state index in [1.165, 1.54) is 5.56 Å². The molecule has 0 amide bonds. The number of aromatic nitrogens is 3. The quantitative estimate of drug-likeness (QED) is 0.295. The zero-order valence-electron chi connectivity index (χ0n) is 19.9. The highest BCUT2D eigenvalue weighted by atomic mass is 16.5. The highest BCUT2D eigenvalue weighted by Crippen LogP contribution is 2.29. The zero-order chi connectivity index (χ0) is 24.8. The molecule has 0 radical (unpaired) electrons. The van der Waals surface area contributed by atoms with Crippen molar-refractivity contribution < 1.29 is 14.3 Å². The molecule has 0 aliphatic rings. The summed E-state index contributed by atoms with van der Waals surface area (Å²) in [5.74, 6) is -0.138. The number of ether oxygens (including phenoxy) is 1. The third kappa shape index (κ3) is 3.64. The van der Waals surface area contributed by atoms with E-state index >= 15 is 0 Å². The summed E-state index contributed by atoms with van der Waals surface area (Å²) in [6, 6.07) is 28.7. The second-order valence-electron chi connectivity index (χ2n) is 8.94. The number of hydrogen-bond donors (Lipinski definition) is 1. The molecule has 1 atom stereocenters. The molecule has 2 aromatic heterocycles. The number of rotatable bonds is 4. The van der Waals surface area contributed by atoms with Gasteiger partial charge < -0.3 is 9.72 Å². The summed E-state index contributed by atoms with van der Waals surface area (Å²) in [6.07, 6.45) is -0.975. The lowest BCUT2D eigenvalue weighted by Gasteiger charge is -2.14. The Morgan fingerprint density at radius 1 is 0.861 bits per heavy atom. The molecule has 0 saturated carbocycles. The molecule has 176 valence electrons. The molecular formula is C30H23N3O3.